The summed E-state index contributed by atoms with van der Waals surface area (Å²) >= 11 is 0. The average Bonchev–Trinajstić information content (AvgIpc) is 2.86. The van der Waals surface area contributed by atoms with Crippen LogP contribution in [0.2, 0.25) is 0 Å². The van der Waals surface area contributed by atoms with Crippen LogP contribution in [0.5, 0.6) is 17.2 Å². The Morgan fingerprint density at radius 3 is 2.26 bits per heavy atom. The molecule has 172 valence electrons. The lowest BCUT2D eigenvalue weighted by Gasteiger charge is -2.15. The molecule has 1 aromatic heterocycles. The number of carbonyl (C=O) groups is 1. The van der Waals surface area contributed by atoms with Crippen LogP contribution in [0.15, 0.2) is 66.7 Å². The van der Waals surface area contributed by atoms with E-state index < -0.39 is 0 Å². The predicted molar refractivity (Wildman–Crippen MR) is 136 cm³/mol. The zero-order valence-corrected chi connectivity index (χ0v) is 20.0. The van der Waals surface area contributed by atoms with Gasteiger partial charge >= 0.3 is 0 Å². The molecule has 0 radical (unpaired) electrons. The second kappa shape index (κ2) is 9.79. The van der Waals surface area contributed by atoms with Gasteiger partial charge in [0.15, 0.2) is 17.3 Å². The molecule has 0 atom stereocenters. The van der Waals surface area contributed by atoms with Gasteiger partial charge in [0.2, 0.25) is 5.75 Å². The molecule has 5 nitrogen and oxygen atoms in total. The number of pyridine rings is 1. The van der Waals surface area contributed by atoms with Crippen LogP contribution in [-0.2, 0) is 0 Å². The number of allylic oxidation sites excluding steroid dienone is 1. The first-order valence-electron chi connectivity index (χ1n) is 11.0. The molecule has 4 aromatic rings. The van der Waals surface area contributed by atoms with Crippen LogP contribution in [0, 0.1) is 13.8 Å². The summed E-state index contributed by atoms with van der Waals surface area (Å²) in [6, 6.07) is 19.7. The fraction of sp³-hybridized carbons (Fsp3) is 0.172. The largest absolute Gasteiger partial charge is 0.493 e. The van der Waals surface area contributed by atoms with Gasteiger partial charge in [0.25, 0.3) is 0 Å². The van der Waals surface area contributed by atoms with Gasteiger partial charge in [-0.25, -0.2) is 0 Å². The molecular formula is C29H27NO4. The van der Waals surface area contributed by atoms with Gasteiger partial charge in [0.1, 0.15) is 0 Å². The van der Waals surface area contributed by atoms with Crippen LogP contribution in [0.25, 0.3) is 28.1 Å². The number of fused-ring (bicyclic) bond motifs is 1. The van der Waals surface area contributed by atoms with E-state index in [1.54, 1.807) is 39.5 Å². The van der Waals surface area contributed by atoms with Crippen LogP contribution in [0.3, 0.4) is 0 Å². The van der Waals surface area contributed by atoms with Gasteiger partial charge in [-0.1, -0.05) is 42.5 Å². The van der Waals surface area contributed by atoms with E-state index in [4.69, 9.17) is 19.2 Å². The predicted octanol–water partition coefficient (Wildman–Crippen LogP) is 6.44. The third-order valence-electron chi connectivity index (χ3n) is 5.78. The van der Waals surface area contributed by atoms with Gasteiger partial charge in [0.05, 0.1) is 32.4 Å². The third kappa shape index (κ3) is 4.25. The first-order chi connectivity index (χ1) is 16.5. The average molecular weight is 454 g/mol. The smallest absolute Gasteiger partial charge is 0.203 e. The van der Waals surface area contributed by atoms with Crippen molar-refractivity contribution in [3.63, 3.8) is 0 Å². The standard InChI is InChI=1S/C29H27NO4/c1-18-11-14-22-23(17-18)30-19(2)26(27(22)20-9-7-6-8-10-20)24(31)15-12-21-13-16-25(32-3)29(34-5)28(21)33-4/h6-17H,1-5H3/b15-12+. The summed E-state index contributed by atoms with van der Waals surface area (Å²) in [4.78, 5) is 18.4. The third-order valence-corrected chi connectivity index (χ3v) is 5.78. The minimum atomic E-state index is -0.136. The van der Waals surface area contributed by atoms with Gasteiger partial charge in [-0.3, -0.25) is 9.78 Å². The van der Waals surface area contributed by atoms with Crippen molar-refractivity contribution in [3.8, 4) is 28.4 Å². The highest BCUT2D eigenvalue weighted by molar-refractivity contribution is 6.16. The number of aromatic nitrogens is 1. The van der Waals surface area contributed by atoms with Crippen molar-refractivity contribution in [2.45, 2.75) is 13.8 Å². The monoisotopic (exact) mass is 453 g/mol. The van der Waals surface area contributed by atoms with E-state index >= 15 is 0 Å². The molecule has 0 aliphatic heterocycles. The van der Waals surface area contributed by atoms with Crippen LogP contribution >= 0.6 is 0 Å². The van der Waals surface area contributed by atoms with E-state index in [0.29, 0.717) is 34.1 Å². The van der Waals surface area contributed by atoms with Crippen molar-refractivity contribution in [3.05, 3.63) is 89.1 Å². The number of aryl methyl sites for hydroxylation is 2. The maximum Gasteiger partial charge on any atom is 0.203 e. The van der Waals surface area contributed by atoms with Crippen molar-refractivity contribution in [2.75, 3.05) is 21.3 Å². The summed E-state index contributed by atoms with van der Waals surface area (Å²) in [6.45, 7) is 3.92. The van der Waals surface area contributed by atoms with E-state index in [1.165, 1.54) is 0 Å². The molecule has 0 N–H and O–H groups in total. The molecule has 0 amide bonds. The van der Waals surface area contributed by atoms with Crippen molar-refractivity contribution >= 4 is 22.8 Å². The number of ether oxygens (including phenoxy) is 3. The van der Waals surface area contributed by atoms with E-state index in [0.717, 1.165) is 27.6 Å². The minimum Gasteiger partial charge on any atom is -0.493 e. The van der Waals surface area contributed by atoms with Gasteiger partial charge in [-0.15, -0.1) is 0 Å². The Hall–Kier alpha value is -4.12. The van der Waals surface area contributed by atoms with Gasteiger partial charge in [-0.2, -0.15) is 0 Å². The molecule has 3 aromatic carbocycles. The first-order valence-corrected chi connectivity index (χ1v) is 11.0. The molecule has 4 rings (SSSR count). The Labute approximate surface area is 199 Å². The second-order valence-corrected chi connectivity index (χ2v) is 7.95. The zero-order chi connectivity index (χ0) is 24.2. The summed E-state index contributed by atoms with van der Waals surface area (Å²) in [5.74, 6) is 1.39. The zero-order valence-electron chi connectivity index (χ0n) is 20.0. The lowest BCUT2D eigenvalue weighted by atomic mass is 9.91. The molecule has 0 aliphatic carbocycles. The van der Waals surface area contributed by atoms with Gasteiger partial charge in [0, 0.05) is 22.2 Å². The molecule has 0 aliphatic rings. The van der Waals surface area contributed by atoms with Crippen molar-refractivity contribution in [1.29, 1.82) is 0 Å². The molecule has 34 heavy (non-hydrogen) atoms. The van der Waals surface area contributed by atoms with Crippen molar-refractivity contribution in [2.24, 2.45) is 0 Å². The van der Waals surface area contributed by atoms with Crippen LogP contribution in [0.4, 0.5) is 0 Å². The SMILES string of the molecule is COc1ccc(/C=C/C(=O)c2c(C)nc3cc(C)ccc3c2-c2ccccc2)c(OC)c1OC. The van der Waals surface area contributed by atoms with E-state index in [9.17, 15) is 4.79 Å². The lowest BCUT2D eigenvalue weighted by Crippen LogP contribution is -2.05. The van der Waals surface area contributed by atoms with E-state index in [2.05, 4.69) is 0 Å². The Kier molecular flexibility index (Phi) is 6.64. The summed E-state index contributed by atoms with van der Waals surface area (Å²) < 4.78 is 16.4. The van der Waals surface area contributed by atoms with E-state index in [1.807, 2.05) is 68.4 Å². The number of hydrogen-bond donors (Lipinski definition) is 0. The maximum absolute atomic E-state index is 13.6. The van der Waals surface area contributed by atoms with Gasteiger partial charge < -0.3 is 14.2 Å². The maximum atomic E-state index is 13.6. The van der Waals surface area contributed by atoms with Crippen LogP contribution < -0.4 is 14.2 Å². The number of nitrogens with zero attached hydrogens (tertiary/aromatic N) is 1. The molecule has 0 spiro atoms. The van der Waals surface area contributed by atoms with Gasteiger partial charge in [-0.05, 0) is 55.3 Å². The number of rotatable bonds is 7. The molecular weight excluding hydrogens is 426 g/mol. The lowest BCUT2D eigenvalue weighted by molar-refractivity contribution is 0.104. The topological polar surface area (TPSA) is 57.7 Å². The Morgan fingerprint density at radius 2 is 1.59 bits per heavy atom. The van der Waals surface area contributed by atoms with Crippen molar-refractivity contribution < 1.29 is 19.0 Å². The van der Waals surface area contributed by atoms with Crippen molar-refractivity contribution in [1.82, 2.24) is 4.98 Å². The summed E-state index contributed by atoms with van der Waals surface area (Å²) in [7, 11) is 4.68. The number of methoxy groups -OCH3 is 3. The number of carbonyl (C=O) groups excluding carboxylic acids is 1. The molecule has 0 fully saturated rings. The number of ketones is 1. The molecule has 0 saturated heterocycles. The molecule has 0 saturated carbocycles. The molecule has 1 heterocycles. The normalized spacial score (nSPS) is 11.1. The highest BCUT2D eigenvalue weighted by Crippen LogP contribution is 2.40. The number of hydrogen-bond acceptors (Lipinski definition) is 5. The minimum absolute atomic E-state index is 0.136. The highest BCUT2D eigenvalue weighted by atomic mass is 16.5. The molecule has 0 unspecified atom stereocenters. The first kappa shape index (κ1) is 23.1. The Bertz CT molecular complexity index is 1390. The summed E-state index contributed by atoms with van der Waals surface area (Å²) in [5.41, 5.74) is 5.83. The number of benzene rings is 3. The van der Waals surface area contributed by atoms with Crippen LogP contribution in [-0.4, -0.2) is 32.1 Å². The fourth-order valence-electron chi connectivity index (χ4n) is 4.21. The Morgan fingerprint density at radius 1 is 0.853 bits per heavy atom. The summed E-state index contributed by atoms with van der Waals surface area (Å²) in [6.07, 6.45) is 3.29. The van der Waals surface area contributed by atoms with Crippen LogP contribution in [0.1, 0.15) is 27.2 Å². The fourth-order valence-corrected chi connectivity index (χ4v) is 4.21. The molecule has 5 heteroatoms. The quantitative estimate of drug-likeness (QED) is 0.238. The molecule has 0 bridgehead atoms. The Balaban J connectivity index is 1.87. The second-order valence-electron chi connectivity index (χ2n) is 7.95. The summed E-state index contributed by atoms with van der Waals surface area (Å²) in [5, 5.41) is 0.947. The highest BCUT2D eigenvalue weighted by Gasteiger charge is 2.20. The van der Waals surface area contributed by atoms with E-state index in [-0.39, 0.29) is 5.78 Å².